The number of carbonyl (C=O) groups is 1. The number of benzene rings is 3. The van der Waals surface area contributed by atoms with Gasteiger partial charge in [-0.1, -0.05) is 47.5 Å². The number of carboxylic acid groups (broad SMARTS) is 1. The van der Waals surface area contributed by atoms with Crippen LogP contribution in [0.2, 0.25) is 10.0 Å². The van der Waals surface area contributed by atoms with Crippen molar-refractivity contribution < 1.29 is 19.4 Å². The number of nitrogens with one attached hydrogen (secondary N) is 1. The van der Waals surface area contributed by atoms with E-state index in [1.807, 2.05) is 31.2 Å². The van der Waals surface area contributed by atoms with E-state index in [2.05, 4.69) is 33.4 Å². The van der Waals surface area contributed by atoms with Crippen LogP contribution in [0.1, 0.15) is 51.0 Å². The van der Waals surface area contributed by atoms with Gasteiger partial charge < -0.3 is 19.9 Å². The van der Waals surface area contributed by atoms with Gasteiger partial charge in [-0.25, -0.2) is 4.79 Å². The van der Waals surface area contributed by atoms with Crippen molar-refractivity contribution in [3.05, 3.63) is 97.0 Å². The zero-order chi connectivity index (χ0) is 25.6. The summed E-state index contributed by atoms with van der Waals surface area (Å²) in [5.74, 6) is 0.778. The van der Waals surface area contributed by atoms with Crippen LogP contribution in [-0.2, 0) is 6.61 Å². The van der Waals surface area contributed by atoms with Crippen LogP contribution in [0.5, 0.6) is 11.5 Å². The van der Waals surface area contributed by atoms with Crippen molar-refractivity contribution in [2.45, 2.75) is 31.9 Å². The number of ether oxygens (including phenoxy) is 2. The van der Waals surface area contributed by atoms with E-state index in [0.717, 1.165) is 38.8 Å². The summed E-state index contributed by atoms with van der Waals surface area (Å²) in [4.78, 5) is 11.8. The molecular formula is C28H24BrCl2NO4. The molecule has 8 heteroatoms. The van der Waals surface area contributed by atoms with Crippen LogP contribution in [0.3, 0.4) is 0 Å². The number of anilines is 1. The second-order valence-electron chi connectivity index (χ2n) is 9.05. The zero-order valence-corrected chi connectivity index (χ0v) is 22.7. The predicted octanol–water partition coefficient (Wildman–Crippen LogP) is 8.18. The van der Waals surface area contributed by atoms with E-state index >= 15 is 0 Å². The van der Waals surface area contributed by atoms with Gasteiger partial charge in [-0.05, 0) is 87.8 Å². The minimum atomic E-state index is -0.925. The van der Waals surface area contributed by atoms with E-state index in [1.165, 1.54) is 0 Å². The van der Waals surface area contributed by atoms with E-state index in [9.17, 15) is 9.90 Å². The van der Waals surface area contributed by atoms with Crippen molar-refractivity contribution in [2.24, 2.45) is 5.92 Å². The molecule has 0 saturated carbocycles. The molecule has 0 saturated heterocycles. The molecule has 3 aromatic rings. The van der Waals surface area contributed by atoms with E-state index in [-0.39, 0.29) is 12.0 Å². The van der Waals surface area contributed by atoms with Crippen molar-refractivity contribution in [1.82, 2.24) is 0 Å². The van der Waals surface area contributed by atoms with Gasteiger partial charge in [0, 0.05) is 11.6 Å². The van der Waals surface area contributed by atoms with Crippen LogP contribution >= 0.6 is 39.1 Å². The predicted molar refractivity (Wildman–Crippen MR) is 146 cm³/mol. The lowest BCUT2D eigenvalue weighted by atomic mass is 9.76. The third-order valence-electron chi connectivity index (χ3n) is 7.01. The van der Waals surface area contributed by atoms with Gasteiger partial charge in [-0.3, -0.25) is 0 Å². The Hall–Kier alpha value is -2.67. The van der Waals surface area contributed by atoms with E-state index in [1.54, 1.807) is 25.3 Å². The summed E-state index contributed by atoms with van der Waals surface area (Å²) in [7, 11) is 1.62. The molecule has 5 rings (SSSR count). The maximum Gasteiger partial charge on any atom is 0.336 e. The molecule has 0 fully saturated rings. The molecule has 0 spiro atoms. The van der Waals surface area contributed by atoms with Crippen molar-refractivity contribution in [3.8, 4) is 11.5 Å². The first-order valence-corrected chi connectivity index (χ1v) is 13.1. The number of halogens is 3. The van der Waals surface area contributed by atoms with Crippen molar-refractivity contribution in [2.75, 3.05) is 12.4 Å². The quantitative estimate of drug-likeness (QED) is 0.284. The maximum absolute atomic E-state index is 11.8. The molecular weight excluding hydrogens is 565 g/mol. The number of fused-ring (bicyclic) bond motifs is 3. The molecule has 3 aromatic carbocycles. The number of aromatic carboxylic acids is 1. The molecule has 0 unspecified atom stereocenters. The van der Waals surface area contributed by atoms with Crippen molar-refractivity contribution >= 4 is 50.8 Å². The van der Waals surface area contributed by atoms with Gasteiger partial charge in [0.15, 0.2) is 11.5 Å². The van der Waals surface area contributed by atoms with E-state index < -0.39 is 5.97 Å². The number of allylic oxidation sites excluding steroid dienone is 2. The largest absolute Gasteiger partial charge is 0.493 e. The van der Waals surface area contributed by atoms with Crippen LogP contribution in [0.4, 0.5) is 5.69 Å². The Morgan fingerprint density at radius 3 is 2.69 bits per heavy atom. The monoisotopic (exact) mass is 587 g/mol. The first kappa shape index (κ1) is 25.0. The second-order valence-corrected chi connectivity index (χ2v) is 10.7. The zero-order valence-electron chi connectivity index (χ0n) is 19.6. The summed E-state index contributed by atoms with van der Waals surface area (Å²) < 4.78 is 12.6. The lowest BCUT2D eigenvalue weighted by molar-refractivity contribution is 0.0696. The fraction of sp³-hybridized carbons (Fsp3) is 0.250. The van der Waals surface area contributed by atoms with Gasteiger partial charge in [-0.15, -0.1) is 0 Å². The van der Waals surface area contributed by atoms with Crippen LogP contribution in [0.25, 0.3) is 0 Å². The number of hydrogen-bond donors (Lipinski definition) is 2. The van der Waals surface area contributed by atoms with Gasteiger partial charge >= 0.3 is 5.97 Å². The summed E-state index contributed by atoms with van der Waals surface area (Å²) in [6, 6.07) is 13.0. The fourth-order valence-corrected chi connectivity index (χ4v) is 6.12. The standard InChI is InChI=1S/C28H24BrCl2NO4/c1-14-17(28(33)34)7-8-20-18-4-3-5-19(18)26(32-25(14)20)16-11-21(29)27(24(12-16)35-2)36-13-15-6-9-22(30)23(31)10-15/h3-4,6-12,18-19,26,32H,5,13H2,1-2H3,(H,33,34)/t18-,19+,26+/m1/s1. The number of hydrogen-bond acceptors (Lipinski definition) is 4. The molecule has 1 aliphatic heterocycles. The highest BCUT2D eigenvalue weighted by atomic mass is 79.9. The van der Waals surface area contributed by atoms with Crippen LogP contribution in [-0.4, -0.2) is 18.2 Å². The van der Waals surface area contributed by atoms with Crippen LogP contribution in [0, 0.1) is 12.8 Å². The third kappa shape index (κ3) is 4.47. The molecule has 186 valence electrons. The van der Waals surface area contributed by atoms with Crippen LogP contribution < -0.4 is 14.8 Å². The molecule has 0 bridgehead atoms. The Morgan fingerprint density at radius 2 is 1.97 bits per heavy atom. The molecule has 3 atom stereocenters. The first-order valence-electron chi connectivity index (χ1n) is 11.5. The summed E-state index contributed by atoms with van der Waals surface area (Å²) >= 11 is 15.9. The highest BCUT2D eigenvalue weighted by Crippen LogP contribution is 2.52. The average Bonchev–Trinajstić information content (AvgIpc) is 3.35. The Balaban J connectivity index is 1.48. The fourth-order valence-electron chi connectivity index (χ4n) is 5.22. The third-order valence-corrected chi connectivity index (χ3v) is 8.33. The highest BCUT2D eigenvalue weighted by molar-refractivity contribution is 9.10. The Labute approximate surface area is 228 Å². The second kappa shape index (κ2) is 10.0. The summed E-state index contributed by atoms with van der Waals surface area (Å²) in [6.45, 7) is 2.16. The molecule has 2 N–H and O–H groups in total. The highest BCUT2D eigenvalue weighted by Gasteiger charge is 2.39. The molecule has 0 radical (unpaired) electrons. The van der Waals surface area contributed by atoms with Gasteiger partial charge in [0.25, 0.3) is 0 Å². The summed E-state index contributed by atoms with van der Waals surface area (Å²) in [6.07, 6.45) is 5.37. The molecule has 0 aromatic heterocycles. The van der Waals surface area contributed by atoms with Crippen molar-refractivity contribution in [1.29, 1.82) is 0 Å². The van der Waals surface area contributed by atoms with E-state index in [0.29, 0.717) is 39.6 Å². The van der Waals surface area contributed by atoms with Gasteiger partial charge in [0.05, 0.1) is 33.2 Å². The minimum Gasteiger partial charge on any atom is -0.493 e. The number of carboxylic acids is 1. The van der Waals surface area contributed by atoms with Crippen LogP contribution in [0.15, 0.2) is 59.1 Å². The Bertz CT molecular complexity index is 1390. The van der Waals surface area contributed by atoms with Gasteiger partial charge in [0.1, 0.15) is 6.61 Å². The van der Waals surface area contributed by atoms with Gasteiger partial charge in [-0.2, -0.15) is 0 Å². The molecule has 5 nitrogen and oxygen atoms in total. The summed E-state index contributed by atoms with van der Waals surface area (Å²) in [5.41, 5.74) is 5.01. The van der Waals surface area contributed by atoms with Gasteiger partial charge in [0.2, 0.25) is 0 Å². The SMILES string of the molecule is COc1cc([C@@H]2Nc3c(ccc(C(=O)O)c3C)[C@@H]3C=CC[C@@H]32)cc(Br)c1OCc1ccc(Cl)c(Cl)c1. The normalized spacial score (nSPS) is 19.9. The lowest BCUT2D eigenvalue weighted by Gasteiger charge is -2.39. The Morgan fingerprint density at radius 1 is 1.17 bits per heavy atom. The van der Waals surface area contributed by atoms with E-state index in [4.69, 9.17) is 32.7 Å². The molecule has 1 aliphatic carbocycles. The lowest BCUT2D eigenvalue weighted by Crippen LogP contribution is -2.30. The van der Waals surface area contributed by atoms with Crippen molar-refractivity contribution in [3.63, 3.8) is 0 Å². The smallest absolute Gasteiger partial charge is 0.336 e. The first-order chi connectivity index (χ1) is 17.3. The molecule has 36 heavy (non-hydrogen) atoms. The topological polar surface area (TPSA) is 67.8 Å². The number of rotatable bonds is 6. The average molecular weight is 589 g/mol. The maximum atomic E-state index is 11.8. The summed E-state index contributed by atoms with van der Waals surface area (Å²) in [5, 5.41) is 14.3. The molecule has 0 amide bonds. The number of methoxy groups -OCH3 is 1. The molecule has 2 aliphatic rings. The minimum absolute atomic E-state index is 0.0328. The molecule has 1 heterocycles. The Kier molecular flexibility index (Phi) is 6.95.